The summed E-state index contributed by atoms with van der Waals surface area (Å²) >= 11 is 0. The summed E-state index contributed by atoms with van der Waals surface area (Å²) in [5.74, 6) is -1.01. The predicted octanol–water partition coefficient (Wildman–Crippen LogP) is 5.21. The molecule has 2 N–H and O–H groups in total. The van der Waals surface area contributed by atoms with Gasteiger partial charge in [-0.1, -0.05) is 60.7 Å². The number of carboxylic acids is 1. The minimum Gasteiger partial charge on any atom is -0.502 e. The fourth-order valence-corrected chi connectivity index (χ4v) is 3.88. The van der Waals surface area contributed by atoms with E-state index in [4.69, 9.17) is 8.83 Å². The van der Waals surface area contributed by atoms with Crippen molar-refractivity contribution in [3.05, 3.63) is 88.8 Å². The summed E-state index contributed by atoms with van der Waals surface area (Å²) in [5.41, 5.74) is 1.93. The van der Waals surface area contributed by atoms with Gasteiger partial charge >= 0.3 is 11.6 Å². The molecule has 0 saturated carbocycles. The zero-order valence-corrected chi connectivity index (χ0v) is 16.2. The van der Waals surface area contributed by atoms with E-state index in [-0.39, 0.29) is 23.3 Å². The Balaban J connectivity index is 1.91. The SMILES string of the molecule is O=C(O)Cc1c(-c2ccccc2)oc2c(O)c3oc(=O)cc(-c4ccccc4)c3cc12. The van der Waals surface area contributed by atoms with Crippen molar-refractivity contribution in [2.24, 2.45) is 0 Å². The van der Waals surface area contributed by atoms with Gasteiger partial charge in [-0.15, -0.1) is 0 Å². The van der Waals surface area contributed by atoms with Crippen molar-refractivity contribution < 1.29 is 23.8 Å². The van der Waals surface area contributed by atoms with Gasteiger partial charge < -0.3 is 19.0 Å². The first-order valence-corrected chi connectivity index (χ1v) is 9.61. The molecule has 2 heterocycles. The second-order valence-corrected chi connectivity index (χ2v) is 7.17. The molecule has 0 aliphatic carbocycles. The Hall–Kier alpha value is -4.32. The van der Waals surface area contributed by atoms with E-state index < -0.39 is 11.6 Å². The van der Waals surface area contributed by atoms with Gasteiger partial charge in [-0.05, 0) is 11.6 Å². The maximum absolute atomic E-state index is 12.2. The van der Waals surface area contributed by atoms with Crippen molar-refractivity contribution in [2.75, 3.05) is 0 Å². The highest BCUT2D eigenvalue weighted by atomic mass is 16.4. The van der Waals surface area contributed by atoms with E-state index in [2.05, 4.69) is 0 Å². The van der Waals surface area contributed by atoms with E-state index in [1.54, 1.807) is 18.2 Å². The molecule has 0 aliphatic heterocycles. The molecule has 5 aromatic rings. The van der Waals surface area contributed by atoms with E-state index in [9.17, 15) is 19.8 Å². The lowest BCUT2D eigenvalue weighted by molar-refractivity contribution is -0.136. The average Bonchev–Trinajstić information content (AvgIpc) is 3.13. The fraction of sp³-hybridized carbons (Fsp3) is 0.0400. The Kier molecular flexibility index (Phi) is 4.33. The third-order valence-electron chi connectivity index (χ3n) is 5.22. The van der Waals surface area contributed by atoms with Crippen LogP contribution in [0, 0.1) is 0 Å². The van der Waals surface area contributed by atoms with Gasteiger partial charge in [-0.3, -0.25) is 4.79 Å². The van der Waals surface area contributed by atoms with Crippen molar-refractivity contribution in [1.82, 2.24) is 0 Å². The van der Waals surface area contributed by atoms with Crippen molar-refractivity contribution >= 4 is 27.9 Å². The lowest BCUT2D eigenvalue weighted by Crippen LogP contribution is -2.01. The highest BCUT2D eigenvalue weighted by Gasteiger charge is 2.24. The number of carboxylic acid groups (broad SMARTS) is 1. The first-order valence-electron chi connectivity index (χ1n) is 9.61. The molecule has 0 spiro atoms. The highest BCUT2D eigenvalue weighted by Crippen LogP contribution is 2.43. The Morgan fingerprint density at radius 1 is 0.806 bits per heavy atom. The molecule has 3 aromatic carbocycles. The number of fused-ring (bicyclic) bond motifs is 2. The van der Waals surface area contributed by atoms with Gasteiger partial charge in [0.15, 0.2) is 11.2 Å². The van der Waals surface area contributed by atoms with Crippen LogP contribution < -0.4 is 5.63 Å². The Bertz CT molecular complexity index is 1490. The smallest absolute Gasteiger partial charge is 0.336 e. The highest BCUT2D eigenvalue weighted by molar-refractivity contribution is 6.08. The lowest BCUT2D eigenvalue weighted by Gasteiger charge is -2.07. The van der Waals surface area contributed by atoms with E-state index in [1.807, 2.05) is 48.5 Å². The number of benzene rings is 3. The molecule has 0 amide bonds. The standard InChI is InChI=1S/C25H16O6/c26-20(27)12-19-18-11-17-16(14-7-3-1-4-8-14)13-21(28)30-24(17)22(29)25(18)31-23(19)15-9-5-2-6-10-15/h1-11,13,29H,12H2,(H,26,27). The molecule has 0 bridgehead atoms. The molecule has 0 radical (unpaired) electrons. The molecule has 0 unspecified atom stereocenters. The second kappa shape index (κ2) is 7.18. The molecule has 0 fully saturated rings. The summed E-state index contributed by atoms with van der Waals surface area (Å²) in [7, 11) is 0. The first kappa shape index (κ1) is 18.7. The van der Waals surface area contributed by atoms with Crippen LogP contribution in [0.25, 0.3) is 44.4 Å². The maximum atomic E-state index is 12.2. The minimum atomic E-state index is -1.03. The van der Waals surface area contributed by atoms with Crippen LogP contribution in [-0.2, 0) is 11.2 Å². The Labute approximate surface area is 175 Å². The van der Waals surface area contributed by atoms with Crippen LogP contribution in [0.15, 0.2) is 86.4 Å². The quantitative estimate of drug-likeness (QED) is 0.393. The predicted molar refractivity (Wildman–Crippen MR) is 116 cm³/mol. The monoisotopic (exact) mass is 412 g/mol. The van der Waals surface area contributed by atoms with Gasteiger partial charge in [0.2, 0.25) is 5.75 Å². The number of aliphatic carboxylic acids is 1. The van der Waals surface area contributed by atoms with Gasteiger partial charge in [0.05, 0.1) is 6.42 Å². The molecule has 5 rings (SSSR count). The summed E-state index contributed by atoms with van der Waals surface area (Å²) < 4.78 is 11.3. The Morgan fingerprint density at radius 2 is 1.42 bits per heavy atom. The van der Waals surface area contributed by atoms with Crippen LogP contribution in [0.2, 0.25) is 0 Å². The first-order chi connectivity index (χ1) is 15.0. The van der Waals surface area contributed by atoms with E-state index >= 15 is 0 Å². The molecule has 152 valence electrons. The molecule has 31 heavy (non-hydrogen) atoms. The van der Waals surface area contributed by atoms with Crippen LogP contribution >= 0.6 is 0 Å². The number of phenols is 1. The number of hydrogen-bond acceptors (Lipinski definition) is 5. The van der Waals surface area contributed by atoms with Gasteiger partial charge in [0, 0.05) is 33.5 Å². The summed E-state index contributed by atoms with van der Waals surface area (Å²) in [6.07, 6.45) is -0.292. The second-order valence-electron chi connectivity index (χ2n) is 7.17. The van der Waals surface area contributed by atoms with Crippen LogP contribution in [0.3, 0.4) is 0 Å². The van der Waals surface area contributed by atoms with Crippen LogP contribution in [0.5, 0.6) is 5.75 Å². The molecule has 0 aliphatic rings. The normalized spacial score (nSPS) is 11.2. The number of carbonyl (C=O) groups is 1. The number of rotatable bonds is 4. The zero-order chi connectivity index (χ0) is 21.5. The molecular formula is C25H16O6. The van der Waals surface area contributed by atoms with Crippen LogP contribution in [0.4, 0.5) is 0 Å². The van der Waals surface area contributed by atoms with Gasteiger partial charge in [-0.2, -0.15) is 0 Å². The third kappa shape index (κ3) is 3.14. The maximum Gasteiger partial charge on any atom is 0.336 e. The molecule has 6 heteroatoms. The molecule has 0 saturated heterocycles. The van der Waals surface area contributed by atoms with E-state index in [1.165, 1.54) is 6.07 Å². The largest absolute Gasteiger partial charge is 0.502 e. The van der Waals surface area contributed by atoms with Gasteiger partial charge in [0.1, 0.15) is 5.76 Å². The average molecular weight is 412 g/mol. The van der Waals surface area contributed by atoms with Gasteiger partial charge in [0.25, 0.3) is 0 Å². The number of aromatic hydroxyl groups is 1. The van der Waals surface area contributed by atoms with Crippen LogP contribution in [0.1, 0.15) is 5.56 Å². The van der Waals surface area contributed by atoms with Crippen molar-refractivity contribution in [3.63, 3.8) is 0 Å². The summed E-state index contributed by atoms with van der Waals surface area (Å²) in [4.78, 5) is 23.8. The van der Waals surface area contributed by atoms with Crippen molar-refractivity contribution in [2.45, 2.75) is 6.42 Å². The zero-order valence-electron chi connectivity index (χ0n) is 16.2. The molecular weight excluding hydrogens is 396 g/mol. The third-order valence-corrected chi connectivity index (χ3v) is 5.22. The lowest BCUT2D eigenvalue weighted by atomic mass is 9.98. The fourth-order valence-electron chi connectivity index (χ4n) is 3.88. The topological polar surface area (TPSA) is 101 Å². The Morgan fingerprint density at radius 3 is 2.06 bits per heavy atom. The van der Waals surface area contributed by atoms with Crippen molar-refractivity contribution in [3.8, 4) is 28.2 Å². The number of hydrogen-bond donors (Lipinski definition) is 2. The molecule has 6 nitrogen and oxygen atoms in total. The van der Waals surface area contributed by atoms with Crippen molar-refractivity contribution in [1.29, 1.82) is 0 Å². The molecule has 0 atom stereocenters. The summed E-state index contributed by atoms with van der Waals surface area (Å²) in [5, 5.41) is 21.4. The molecule has 2 aromatic heterocycles. The summed E-state index contributed by atoms with van der Waals surface area (Å²) in [6, 6.07) is 21.4. The van der Waals surface area contributed by atoms with Gasteiger partial charge in [-0.25, -0.2) is 4.79 Å². The van der Waals surface area contributed by atoms with E-state index in [0.717, 1.165) is 5.56 Å². The minimum absolute atomic E-state index is 0.00547. The number of furan rings is 1. The van der Waals surface area contributed by atoms with E-state index in [0.29, 0.717) is 33.2 Å². The summed E-state index contributed by atoms with van der Waals surface area (Å²) in [6.45, 7) is 0. The number of phenolic OH excluding ortho intramolecular Hbond substituents is 1. The van der Waals surface area contributed by atoms with Crippen LogP contribution in [-0.4, -0.2) is 16.2 Å².